The predicted octanol–water partition coefficient (Wildman–Crippen LogP) is 0.598. The fourth-order valence-electron chi connectivity index (χ4n) is 1.03. The van der Waals surface area contributed by atoms with Gasteiger partial charge in [-0.2, -0.15) is 0 Å². The van der Waals surface area contributed by atoms with Crippen LogP contribution in [0.2, 0.25) is 0 Å². The summed E-state index contributed by atoms with van der Waals surface area (Å²) >= 11 is 0. The molecule has 0 spiro atoms. The Kier molecular flexibility index (Phi) is 2.97. The number of nitrogens with one attached hydrogen (secondary N) is 1. The minimum absolute atomic E-state index is 0.0272. The van der Waals surface area contributed by atoms with E-state index in [0.717, 1.165) is 6.42 Å². The van der Waals surface area contributed by atoms with E-state index in [4.69, 9.17) is 5.73 Å². The van der Waals surface area contributed by atoms with Crippen molar-refractivity contribution >= 4 is 5.82 Å². The monoisotopic (exact) mass is 184 g/mol. The van der Waals surface area contributed by atoms with E-state index in [1.165, 1.54) is 6.20 Å². The molecular weight excluding hydrogens is 172 g/mol. The molecule has 1 aromatic rings. The summed E-state index contributed by atoms with van der Waals surface area (Å²) in [6.45, 7) is 1.87. The Bertz CT molecular complexity index is 294. The van der Waals surface area contributed by atoms with Crippen molar-refractivity contribution < 1.29 is 4.92 Å². The second kappa shape index (κ2) is 3.99. The van der Waals surface area contributed by atoms with Crippen molar-refractivity contribution in [3.05, 3.63) is 21.9 Å². The Hall–Kier alpha value is -1.43. The van der Waals surface area contributed by atoms with E-state index in [2.05, 4.69) is 10.2 Å². The maximum Gasteiger partial charge on any atom is 0.345 e. The Morgan fingerprint density at radius 3 is 3.08 bits per heavy atom. The minimum atomic E-state index is -0.469. The van der Waals surface area contributed by atoms with Gasteiger partial charge in [0.15, 0.2) is 0 Å². The van der Waals surface area contributed by atoms with Crippen LogP contribution in [0, 0.1) is 10.1 Å². The van der Waals surface area contributed by atoms with Gasteiger partial charge in [-0.3, -0.25) is 0 Å². The minimum Gasteiger partial charge on any atom is -0.358 e. The van der Waals surface area contributed by atoms with Crippen LogP contribution in [-0.4, -0.2) is 21.2 Å². The van der Waals surface area contributed by atoms with Gasteiger partial charge in [-0.25, -0.2) is 0 Å². The predicted molar refractivity (Wildman–Crippen MR) is 47.2 cm³/mol. The highest BCUT2D eigenvalue weighted by atomic mass is 16.6. The first-order valence-corrected chi connectivity index (χ1v) is 4.03. The second-order valence-electron chi connectivity index (χ2n) is 3.02. The molecule has 0 aliphatic heterocycles. The molecule has 0 amide bonds. The average molecular weight is 184 g/mol. The number of aryl methyl sites for hydroxylation is 1. The second-order valence-corrected chi connectivity index (χ2v) is 3.02. The summed E-state index contributed by atoms with van der Waals surface area (Å²) in [6.07, 6.45) is 2.78. The van der Waals surface area contributed by atoms with Crippen molar-refractivity contribution in [2.45, 2.75) is 25.8 Å². The van der Waals surface area contributed by atoms with Gasteiger partial charge in [-0.05, 0) is 24.7 Å². The lowest BCUT2D eigenvalue weighted by Crippen LogP contribution is -2.15. The molecule has 1 heterocycles. The Morgan fingerprint density at radius 1 is 1.85 bits per heavy atom. The zero-order valence-corrected chi connectivity index (χ0v) is 7.36. The molecule has 1 atom stereocenters. The molecule has 0 aliphatic carbocycles. The van der Waals surface area contributed by atoms with E-state index in [1.54, 1.807) is 0 Å². The average Bonchev–Trinajstić information content (AvgIpc) is 2.47. The van der Waals surface area contributed by atoms with Gasteiger partial charge < -0.3 is 15.8 Å². The zero-order valence-electron chi connectivity index (χ0n) is 7.36. The van der Waals surface area contributed by atoms with Gasteiger partial charge in [0.2, 0.25) is 0 Å². The molecule has 1 rings (SSSR count). The van der Waals surface area contributed by atoms with Crippen molar-refractivity contribution in [1.29, 1.82) is 0 Å². The third-order valence-electron chi connectivity index (χ3n) is 1.75. The molecule has 1 aromatic heterocycles. The van der Waals surface area contributed by atoms with E-state index in [9.17, 15) is 10.1 Å². The van der Waals surface area contributed by atoms with Crippen LogP contribution in [0.15, 0.2) is 6.20 Å². The molecule has 0 saturated heterocycles. The van der Waals surface area contributed by atoms with Crippen molar-refractivity contribution in [2.75, 3.05) is 0 Å². The Labute approximate surface area is 75.3 Å². The first-order chi connectivity index (χ1) is 6.11. The molecule has 13 heavy (non-hydrogen) atoms. The molecule has 0 aromatic carbocycles. The van der Waals surface area contributed by atoms with Gasteiger partial charge in [0.1, 0.15) is 0 Å². The normalized spacial score (nSPS) is 12.8. The molecule has 0 aliphatic rings. The summed E-state index contributed by atoms with van der Waals surface area (Å²) in [5, 5.41) is 16.4. The van der Waals surface area contributed by atoms with Crippen LogP contribution in [-0.2, 0) is 6.42 Å². The van der Waals surface area contributed by atoms with Crippen molar-refractivity contribution in [3.8, 4) is 0 Å². The van der Waals surface area contributed by atoms with Gasteiger partial charge >= 0.3 is 5.82 Å². The van der Waals surface area contributed by atoms with Crippen molar-refractivity contribution in [1.82, 2.24) is 10.2 Å². The summed E-state index contributed by atoms with van der Waals surface area (Å²) in [4.78, 5) is 9.96. The lowest BCUT2D eigenvalue weighted by Gasteiger charge is -2.01. The first kappa shape index (κ1) is 9.66. The van der Waals surface area contributed by atoms with Gasteiger partial charge in [0.05, 0.1) is 11.8 Å². The summed E-state index contributed by atoms with van der Waals surface area (Å²) in [5.74, 6) is -0.0272. The quantitative estimate of drug-likeness (QED) is 0.528. The van der Waals surface area contributed by atoms with E-state index in [0.29, 0.717) is 12.0 Å². The fraction of sp³-hybridized carbons (Fsp3) is 0.571. The van der Waals surface area contributed by atoms with Gasteiger partial charge in [0.25, 0.3) is 0 Å². The van der Waals surface area contributed by atoms with Crippen LogP contribution in [0.3, 0.4) is 0 Å². The standard InChI is InChI=1S/C7H12N4O2/c1-5(8)2-3-6-4-9-10-7(6)11(12)13/h4-5H,2-3,8H2,1H3,(H,9,10)/t5-/m1/s1. The van der Waals surface area contributed by atoms with Crippen LogP contribution in [0.5, 0.6) is 0 Å². The number of hydrogen-bond acceptors (Lipinski definition) is 4. The lowest BCUT2D eigenvalue weighted by molar-refractivity contribution is -0.390. The maximum atomic E-state index is 10.4. The number of hydrogen-bond donors (Lipinski definition) is 2. The van der Waals surface area contributed by atoms with Crippen molar-refractivity contribution in [2.24, 2.45) is 5.73 Å². The van der Waals surface area contributed by atoms with E-state index < -0.39 is 4.92 Å². The van der Waals surface area contributed by atoms with Gasteiger partial charge in [-0.1, -0.05) is 5.10 Å². The SMILES string of the molecule is C[C@@H](N)CCc1cn[nH]c1[N+](=O)[O-]. The summed E-state index contributed by atoms with van der Waals surface area (Å²) in [7, 11) is 0. The smallest absolute Gasteiger partial charge is 0.345 e. The molecule has 6 nitrogen and oxygen atoms in total. The van der Waals surface area contributed by atoms with Crippen LogP contribution >= 0.6 is 0 Å². The Morgan fingerprint density at radius 2 is 2.54 bits per heavy atom. The maximum absolute atomic E-state index is 10.4. The molecule has 3 N–H and O–H groups in total. The number of H-pyrrole nitrogens is 1. The highest BCUT2D eigenvalue weighted by Crippen LogP contribution is 2.15. The zero-order chi connectivity index (χ0) is 9.84. The highest BCUT2D eigenvalue weighted by molar-refractivity contribution is 5.29. The molecule has 0 radical (unpaired) electrons. The molecule has 72 valence electrons. The molecule has 0 bridgehead atoms. The summed E-state index contributed by atoms with van der Waals surface area (Å²) in [6, 6.07) is 0.0505. The summed E-state index contributed by atoms with van der Waals surface area (Å²) in [5.41, 5.74) is 6.15. The van der Waals surface area contributed by atoms with Gasteiger partial charge in [-0.15, -0.1) is 5.10 Å². The fourth-order valence-corrected chi connectivity index (χ4v) is 1.03. The number of nitro groups is 1. The molecule has 0 fully saturated rings. The van der Waals surface area contributed by atoms with E-state index >= 15 is 0 Å². The van der Waals surface area contributed by atoms with E-state index in [1.807, 2.05) is 6.92 Å². The third-order valence-corrected chi connectivity index (χ3v) is 1.75. The topological polar surface area (TPSA) is 97.8 Å². The highest BCUT2D eigenvalue weighted by Gasteiger charge is 2.14. The first-order valence-electron chi connectivity index (χ1n) is 4.03. The van der Waals surface area contributed by atoms with Crippen LogP contribution in [0.25, 0.3) is 0 Å². The van der Waals surface area contributed by atoms with Crippen LogP contribution in [0.1, 0.15) is 18.9 Å². The van der Waals surface area contributed by atoms with Crippen LogP contribution < -0.4 is 5.73 Å². The largest absolute Gasteiger partial charge is 0.358 e. The Balaban J connectivity index is 2.65. The molecule has 6 heteroatoms. The molecule has 0 saturated carbocycles. The molecule has 0 unspecified atom stereocenters. The van der Waals surface area contributed by atoms with E-state index in [-0.39, 0.29) is 11.9 Å². The number of nitrogens with two attached hydrogens (primary N) is 1. The lowest BCUT2D eigenvalue weighted by atomic mass is 10.1. The number of aromatic nitrogens is 2. The third kappa shape index (κ3) is 2.51. The number of nitrogens with zero attached hydrogens (tertiary/aromatic N) is 2. The van der Waals surface area contributed by atoms with Crippen LogP contribution in [0.4, 0.5) is 5.82 Å². The summed E-state index contributed by atoms with van der Waals surface area (Å²) < 4.78 is 0. The number of aromatic amines is 1. The number of rotatable bonds is 4. The van der Waals surface area contributed by atoms with Gasteiger partial charge in [0, 0.05) is 6.04 Å². The van der Waals surface area contributed by atoms with Crippen molar-refractivity contribution in [3.63, 3.8) is 0 Å². The molecular formula is C7H12N4O2.